The van der Waals surface area contributed by atoms with Gasteiger partial charge in [-0.2, -0.15) is 0 Å². The third-order valence-electron chi connectivity index (χ3n) is 12.6. The average Bonchev–Trinajstić information content (AvgIpc) is 3.52. The lowest BCUT2D eigenvalue weighted by molar-refractivity contribution is -0.587. The van der Waals surface area contributed by atoms with E-state index in [9.17, 15) is 55.2 Å². The van der Waals surface area contributed by atoms with Crippen LogP contribution in [0.1, 0.15) is 213 Å². The van der Waals surface area contributed by atoms with Gasteiger partial charge >= 0.3 is 35.5 Å². The highest BCUT2D eigenvalue weighted by molar-refractivity contribution is 5.72. The van der Waals surface area contributed by atoms with Crippen molar-refractivity contribution < 1.29 is 83.7 Å². The van der Waals surface area contributed by atoms with Crippen LogP contribution in [0.2, 0.25) is 0 Å². The third-order valence-corrected chi connectivity index (χ3v) is 12.6. The maximum absolute atomic E-state index is 13.9. The molecule has 0 saturated carbocycles. The molecular formula is C48H88O17. The first kappa shape index (κ1) is 59.1. The van der Waals surface area contributed by atoms with E-state index in [-0.39, 0.29) is 32.1 Å². The maximum atomic E-state index is 13.9. The molecule has 0 aromatic rings. The van der Waals surface area contributed by atoms with E-state index in [2.05, 4.69) is 20.8 Å². The van der Waals surface area contributed by atoms with E-state index in [4.69, 9.17) is 28.4 Å². The van der Waals surface area contributed by atoms with Gasteiger partial charge < -0.3 is 64.5 Å². The van der Waals surface area contributed by atoms with Gasteiger partial charge in [-0.15, -0.1) is 0 Å². The van der Waals surface area contributed by atoms with Gasteiger partial charge in [-0.1, -0.05) is 175 Å². The van der Waals surface area contributed by atoms with E-state index in [1.165, 1.54) is 0 Å². The number of esters is 3. The Balaban J connectivity index is 2.54. The summed E-state index contributed by atoms with van der Waals surface area (Å²) in [6, 6.07) is 0. The molecule has 9 atom stereocenters. The lowest BCUT2D eigenvalue weighted by Crippen LogP contribution is -2.84. The van der Waals surface area contributed by atoms with Crippen LogP contribution in [0.5, 0.6) is 0 Å². The van der Waals surface area contributed by atoms with Crippen LogP contribution in [0, 0.1) is 0 Å². The smallest absolute Gasteiger partial charge is 0.409 e. The molecule has 2 rings (SSSR count). The summed E-state index contributed by atoms with van der Waals surface area (Å²) in [4.78, 5) is 41.3. The Hall–Kier alpha value is -2.03. The molecule has 2 aliphatic heterocycles. The third kappa shape index (κ3) is 18.1. The van der Waals surface area contributed by atoms with Crippen LogP contribution < -0.4 is 0 Å². The Morgan fingerprint density at radius 1 is 0.462 bits per heavy atom. The van der Waals surface area contributed by atoms with Crippen LogP contribution >= 0.6 is 0 Å². The van der Waals surface area contributed by atoms with Crippen LogP contribution in [0.15, 0.2) is 0 Å². The molecule has 8 N–H and O–H groups in total. The van der Waals surface area contributed by atoms with E-state index in [0.29, 0.717) is 19.3 Å². The Bertz CT molecular complexity index is 1310. The molecule has 0 aromatic carbocycles. The number of hydrogen-bond acceptors (Lipinski definition) is 17. The Morgan fingerprint density at radius 3 is 1.17 bits per heavy atom. The highest BCUT2D eigenvalue weighted by atomic mass is 17.0. The number of carbonyl (C=O) groups excluding carboxylic acids is 3. The molecule has 17 heteroatoms. The Labute approximate surface area is 387 Å². The zero-order chi connectivity index (χ0) is 48.2. The normalized spacial score (nSPS) is 28.9. The van der Waals surface area contributed by atoms with Crippen molar-refractivity contribution >= 4 is 17.9 Å². The quantitative estimate of drug-likeness (QED) is 0.0153. The van der Waals surface area contributed by atoms with Crippen LogP contribution in [0.4, 0.5) is 0 Å². The fraction of sp³-hybridized carbons (Fsp3) is 0.938. The van der Waals surface area contributed by atoms with Gasteiger partial charge in [0, 0.05) is 19.3 Å². The second-order valence-electron chi connectivity index (χ2n) is 18.2. The molecule has 0 aromatic heterocycles. The predicted molar refractivity (Wildman–Crippen MR) is 239 cm³/mol. The van der Waals surface area contributed by atoms with Crippen LogP contribution in [0.25, 0.3) is 0 Å². The summed E-state index contributed by atoms with van der Waals surface area (Å²) in [5.41, 5.74) is 0. The van der Waals surface area contributed by atoms with Crippen molar-refractivity contribution in [1.82, 2.24) is 0 Å². The van der Waals surface area contributed by atoms with E-state index < -0.39 is 98.0 Å². The van der Waals surface area contributed by atoms with E-state index >= 15 is 0 Å². The standard InChI is InChI=1S/C48H88O17/c1-4-7-10-13-16-19-22-25-28-31-39(52)62-46(58)43(56)38(35-50)61-48(65-45(36-51)44(57)42(55)37(34-49)60-45,64-41(54)33-30-27-24-21-18-15-12-9-6-3)47(46,59)63-40(53)32-29-26-23-20-17-14-11-8-5-2/h37-38,42-44,49-51,55-59H,4-36H2,1-3H3/t37-,38-,42-,43-,44+,45?,46-,47+,48+/m1/s1. The highest BCUT2D eigenvalue weighted by Crippen LogP contribution is 2.51. The molecular weight excluding hydrogens is 849 g/mol. The van der Waals surface area contributed by atoms with Gasteiger partial charge in [0.2, 0.25) is 5.79 Å². The highest BCUT2D eigenvalue weighted by Gasteiger charge is 2.83. The zero-order valence-electron chi connectivity index (χ0n) is 40.0. The van der Waals surface area contributed by atoms with Crippen molar-refractivity contribution in [2.45, 2.75) is 267 Å². The fourth-order valence-electron chi connectivity index (χ4n) is 8.49. The van der Waals surface area contributed by atoms with Gasteiger partial charge in [-0.05, 0) is 19.3 Å². The number of aliphatic hydroxyl groups is 8. The first-order valence-corrected chi connectivity index (χ1v) is 25.2. The Morgan fingerprint density at radius 2 is 0.815 bits per heavy atom. The molecule has 2 saturated heterocycles. The number of carbonyl (C=O) groups is 3. The van der Waals surface area contributed by atoms with Crippen molar-refractivity contribution in [1.29, 1.82) is 0 Å². The molecule has 0 spiro atoms. The lowest BCUT2D eigenvalue weighted by atomic mass is 9.88. The summed E-state index contributed by atoms with van der Waals surface area (Å²) in [7, 11) is 0. The van der Waals surface area contributed by atoms with Crippen molar-refractivity contribution in [3.05, 3.63) is 0 Å². The minimum Gasteiger partial charge on any atom is -0.422 e. The van der Waals surface area contributed by atoms with Crippen molar-refractivity contribution in [3.63, 3.8) is 0 Å². The summed E-state index contributed by atoms with van der Waals surface area (Å²) < 4.78 is 34.0. The second-order valence-corrected chi connectivity index (χ2v) is 18.2. The Kier molecular flexibility index (Phi) is 29.0. The maximum Gasteiger partial charge on any atom is 0.409 e. The van der Waals surface area contributed by atoms with Gasteiger partial charge in [-0.25, -0.2) is 0 Å². The van der Waals surface area contributed by atoms with Gasteiger partial charge in [0.25, 0.3) is 0 Å². The van der Waals surface area contributed by atoms with Gasteiger partial charge in [-0.3, -0.25) is 19.1 Å². The number of rotatable bonds is 38. The monoisotopic (exact) mass is 937 g/mol. The fourth-order valence-corrected chi connectivity index (χ4v) is 8.49. The van der Waals surface area contributed by atoms with Crippen LogP contribution in [-0.2, 0) is 42.8 Å². The second kappa shape index (κ2) is 31.9. The van der Waals surface area contributed by atoms with Gasteiger partial charge in [0.05, 0.1) is 13.2 Å². The summed E-state index contributed by atoms with van der Waals surface area (Å²) in [5, 5.41) is 90.1. The van der Waals surface area contributed by atoms with E-state index in [1.807, 2.05) is 0 Å². The summed E-state index contributed by atoms with van der Waals surface area (Å²) in [5.74, 6) is -18.4. The molecule has 2 heterocycles. The summed E-state index contributed by atoms with van der Waals surface area (Å²) in [6.45, 7) is 2.84. The summed E-state index contributed by atoms with van der Waals surface area (Å²) >= 11 is 0. The number of aliphatic hydroxyl groups excluding tert-OH is 6. The van der Waals surface area contributed by atoms with E-state index in [0.717, 1.165) is 135 Å². The van der Waals surface area contributed by atoms with Gasteiger partial charge in [0.15, 0.2) is 6.10 Å². The SMILES string of the molecule is CCCCCCCCCCCC(=O)O[C@@]1(OC2(CO)O[C@H](CO)[C@@H](O)[C@@H]2O)O[C@H](CO)[C@@H](O)[C@@](O)(OC(=O)CCCCCCCCCCC)[C@]1(O)OC(=O)CCCCCCCCCCC. The molecule has 0 amide bonds. The largest absolute Gasteiger partial charge is 0.422 e. The lowest BCUT2D eigenvalue weighted by Gasteiger charge is -2.56. The number of unbranched alkanes of at least 4 members (excludes halogenated alkanes) is 24. The van der Waals surface area contributed by atoms with Crippen LogP contribution in [0.3, 0.4) is 0 Å². The van der Waals surface area contributed by atoms with Crippen molar-refractivity contribution in [3.8, 4) is 0 Å². The molecule has 0 radical (unpaired) electrons. The minimum absolute atomic E-state index is 0.225. The topological polar surface area (TPSA) is 268 Å². The zero-order valence-corrected chi connectivity index (χ0v) is 40.0. The number of ether oxygens (including phenoxy) is 6. The first-order valence-electron chi connectivity index (χ1n) is 25.2. The first-order chi connectivity index (χ1) is 31.2. The molecule has 0 bridgehead atoms. The predicted octanol–water partition coefficient (Wildman–Crippen LogP) is 5.98. The molecule has 65 heavy (non-hydrogen) atoms. The van der Waals surface area contributed by atoms with Gasteiger partial charge in [0.1, 0.15) is 31.0 Å². The molecule has 17 nitrogen and oxygen atoms in total. The minimum atomic E-state index is -4.09. The molecule has 2 aliphatic rings. The van der Waals surface area contributed by atoms with E-state index in [1.54, 1.807) is 0 Å². The summed E-state index contributed by atoms with van der Waals surface area (Å²) in [6.07, 6.45) is 12.3. The average molecular weight is 937 g/mol. The molecule has 2 fully saturated rings. The molecule has 1 unspecified atom stereocenters. The number of hydrogen-bond donors (Lipinski definition) is 8. The van der Waals surface area contributed by atoms with Crippen molar-refractivity contribution in [2.75, 3.05) is 19.8 Å². The molecule has 382 valence electrons. The molecule has 0 aliphatic carbocycles. The van der Waals surface area contributed by atoms with Crippen LogP contribution in [-0.4, -0.2) is 132 Å². The van der Waals surface area contributed by atoms with Crippen molar-refractivity contribution in [2.24, 2.45) is 0 Å².